The molecule has 2 aliphatic rings. The number of rotatable bonds is 1. The first-order chi connectivity index (χ1) is 7.34. The number of benzene rings is 1. The number of hydrogen-bond donors (Lipinski definition) is 2. The maximum atomic E-state index is 10.3. The average Bonchev–Trinajstić information content (AvgIpc) is 2.82. The van der Waals surface area contributed by atoms with Gasteiger partial charge in [0.05, 0.1) is 6.10 Å². The van der Waals surface area contributed by atoms with E-state index in [1.165, 1.54) is 5.56 Å². The van der Waals surface area contributed by atoms with E-state index in [-0.39, 0.29) is 11.5 Å². The quantitative estimate of drug-likeness (QED) is 0.721. The summed E-state index contributed by atoms with van der Waals surface area (Å²) in [6, 6.07) is 10.5. The zero-order valence-corrected chi connectivity index (χ0v) is 8.82. The Balaban J connectivity index is 2.07. The molecule has 0 radical (unpaired) electrons. The zero-order valence-electron chi connectivity index (χ0n) is 8.82. The lowest BCUT2D eigenvalue weighted by atomic mass is 9.73. The molecule has 15 heavy (non-hydrogen) atoms. The largest absolute Gasteiger partial charge is 0.392 e. The number of aliphatic hydroxyl groups excluding tert-OH is 1. The van der Waals surface area contributed by atoms with E-state index in [1.54, 1.807) is 0 Å². The molecule has 3 unspecified atom stereocenters. The first kappa shape index (κ1) is 9.37. The van der Waals surface area contributed by atoms with Gasteiger partial charge in [0.1, 0.15) is 0 Å². The van der Waals surface area contributed by atoms with Crippen molar-refractivity contribution in [2.24, 2.45) is 5.92 Å². The SMILES string of the molecule is OC1CCC2CNCC12c1ccccc1. The Labute approximate surface area is 90.3 Å². The third-order valence-electron chi connectivity index (χ3n) is 4.23. The van der Waals surface area contributed by atoms with E-state index < -0.39 is 0 Å². The van der Waals surface area contributed by atoms with Gasteiger partial charge < -0.3 is 10.4 Å². The Bertz CT molecular complexity index is 351. The fourth-order valence-corrected chi connectivity index (χ4v) is 3.42. The van der Waals surface area contributed by atoms with Gasteiger partial charge in [-0.15, -0.1) is 0 Å². The Hall–Kier alpha value is -0.860. The van der Waals surface area contributed by atoms with Crippen LogP contribution in [0.15, 0.2) is 30.3 Å². The maximum Gasteiger partial charge on any atom is 0.0652 e. The molecule has 3 atom stereocenters. The second-order valence-corrected chi connectivity index (χ2v) is 4.83. The maximum absolute atomic E-state index is 10.3. The van der Waals surface area contributed by atoms with Crippen LogP contribution in [0.25, 0.3) is 0 Å². The van der Waals surface area contributed by atoms with Gasteiger partial charge in [-0.05, 0) is 30.9 Å². The molecular weight excluding hydrogens is 186 g/mol. The van der Waals surface area contributed by atoms with E-state index in [2.05, 4.69) is 29.6 Å². The van der Waals surface area contributed by atoms with Gasteiger partial charge in [-0.25, -0.2) is 0 Å². The standard InChI is InChI=1S/C13H17NO/c15-12-7-6-11-8-14-9-13(11,12)10-4-2-1-3-5-10/h1-5,11-12,14-15H,6-9H2. The molecule has 1 aliphatic heterocycles. The molecule has 0 amide bonds. The lowest BCUT2D eigenvalue weighted by Crippen LogP contribution is -2.41. The molecular formula is C13H17NO. The van der Waals surface area contributed by atoms with Crippen molar-refractivity contribution in [2.75, 3.05) is 13.1 Å². The summed E-state index contributed by atoms with van der Waals surface area (Å²) in [5.74, 6) is 0.620. The van der Waals surface area contributed by atoms with Crippen molar-refractivity contribution in [3.63, 3.8) is 0 Å². The van der Waals surface area contributed by atoms with Crippen LogP contribution in [0.3, 0.4) is 0 Å². The predicted octanol–water partition coefficient (Wildman–Crippen LogP) is 1.30. The number of aliphatic hydroxyl groups is 1. The highest BCUT2D eigenvalue weighted by Gasteiger charge is 2.53. The third-order valence-corrected chi connectivity index (χ3v) is 4.23. The van der Waals surface area contributed by atoms with Crippen LogP contribution in [0, 0.1) is 5.92 Å². The summed E-state index contributed by atoms with van der Waals surface area (Å²) in [6.07, 6.45) is 1.95. The topological polar surface area (TPSA) is 32.3 Å². The molecule has 1 heterocycles. The summed E-state index contributed by atoms with van der Waals surface area (Å²) in [5, 5.41) is 13.7. The van der Waals surface area contributed by atoms with Gasteiger partial charge in [-0.1, -0.05) is 30.3 Å². The normalized spacial score (nSPS) is 39.3. The molecule has 80 valence electrons. The van der Waals surface area contributed by atoms with Crippen LogP contribution in [-0.2, 0) is 5.41 Å². The van der Waals surface area contributed by atoms with Crippen molar-refractivity contribution >= 4 is 0 Å². The minimum absolute atomic E-state index is 0.00125. The molecule has 2 fully saturated rings. The monoisotopic (exact) mass is 203 g/mol. The van der Waals surface area contributed by atoms with Crippen LogP contribution in [0.1, 0.15) is 18.4 Å². The lowest BCUT2D eigenvalue weighted by Gasteiger charge is -2.32. The van der Waals surface area contributed by atoms with Crippen LogP contribution in [0.4, 0.5) is 0 Å². The van der Waals surface area contributed by atoms with Crippen LogP contribution in [-0.4, -0.2) is 24.3 Å². The second kappa shape index (κ2) is 3.32. The molecule has 0 aromatic heterocycles. The third kappa shape index (κ3) is 1.18. The number of fused-ring (bicyclic) bond motifs is 1. The Kier molecular flexibility index (Phi) is 2.08. The summed E-state index contributed by atoms with van der Waals surface area (Å²) in [7, 11) is 0. The van der Waals surface area contributed by atoms with Crippen molar-refractivity contribution in [3.8, 4) is 0 Å². The first-order valence-electron chi connectivity index (χ1n) is 5.78. The lowest BCUT2D eigenvalue weighted by molar-refractivity contribution is 0.105. The van der Waals surface area contributed by atoms with Gasteiger partial charge in [-0.2, -0.15) is 0 Å². The molecule has 2 heteroatoms. The van der Waals surface area contributed by atoms with E-state index in [9.17, 15) is 5.11 Å². The molecule has 1 saturated carbocycles. The molecule has 2 N–H and O–H groups in total. The molecule has 2 nitrogen and oxygen atoms in total. The molecule has 1 aliphatic carbocycles. The highest BCUT2D eigenvalue weighted by Crippen LogP contribution is 2.47. The van der Waals surface area contributed by atoms with Gasteiger partial charge in [0.2, 0.25) is 0 Å². The summed E-state index contributed by atoms with van der Waals surface area (Å²) in [6.45, 7) is 1.99. The molecule has 3 rings (SSSR count). The Morgan fingerprint density at radius 3 is 2.80 bits per heavy atom. The second-order valence-electron chi connectivity index (χ2n) is 4.83. The fourth-order valence-electron chi connectivity index (χ4n) is 3.42. The predicted molar refractivity (Wildman–Crippen MR) is 59.7 cm³/mol. The summed E-state index contributed by atoms with van der Waals surface area (Å²) < 4.78 is 0. The highest BCUT2D eigenvalue weighted by molar-refractivity contribution is 5.32. The molecule has 1 aromatic carbocycles. The Morgan fingerprint density at radius 2 is 2.00 bits per heavy atom. The summed E-state index contributed by atoms with van der Waals surface area (Å²) in [5.41, 5.74) is 1.31. The van der Waals surface area contributed by atoms with Gasteiger partial charge in [0.25, 0.3) is 0 Å². The van der Waals surface area contributed by atoms with Crippen molar-refractivity contribution < 1.29 is 5.11 Å². The highest BCUT2D eigenvalue weighted by atomic mass is 16.3. The minimum atomic E-state index is -0.167. The van der Waals surface area contributed by atoms with Crippen LogP contribution >= 0.6 is 0 Å². The van der Waals surface area contributed by atoms with Crippen molar-refractivity contribution in [2.45, 2.75) is 24.4 Å². The van der Waals surface area contributed by atoms with Crippen molar-refractivity contribution in [3.05, 3.63) is 35.9 Å². The van der Waals surface area contributed by atoms with Crippen LogP contribution < -0.4 is 5.32 Å². The summed E-state index contributed by atoms with van der Waals surface area (Å²) >= 11 is 0. The fraction of sp³-hybridized carbons (Fsp3) is 0.538. The van der Waals surface area contributed by atoms with Crippen LogP contribution in [0.2, 0.25) is 0 Å². The zero-order chi connectivity index (χ0) is 10.3. The first-order valence-corrected chi connectivity index (χ1v) is 5.78. The van der Waals surface area contributed by atoms with E-state index in [1.807, 2.05) is 6.07 Å². The number of nitrogens with one attached hydrogen (secondary N) is 1. The van der Waals surface area contributed by atoms with E-state index in [4.69, 9.17) is 0 Å². The summed E-state index contributed by atoms with van der Waals surface area (Å²) in [4.78, 5) is 0. The molecule has 0 spiro atoms. The average molecular weight is 203 g/mol. The van der Waals surface area contributed by atoms with Crippen molar-refractivity contribution in [1.29, 1.82) is 0 Å². The molecule has 0 bridgehead atoms. The van der Waals surface area contributed by atoms with E-state index in [0.717, 1.165) is 25.9 Å². The van der Waals surface area contributed by atoms with Gasteiger partial charge in [-0.3, -0.25) is 0 Å². The molecule has 1 aromatic rings. The minimum Gasteiger partial charge on any atom is -0.392 e. The van der Waals surface area contributed by atoms with E-state index >= 15 is 0 Å². The van der Waals surface area contributed by atoms with Gasteiger partial charge in [0.15, 0.2) is 0 Å². The molecule has 1 saturated heterocycles. The van der Waals surface area contributed by atoms with Crippen molar-refractivity contribution in [1.82, 2.24) is 5.32 Å². The van der Waals surface area contributed by atoms with Crippen LogP contribution in [0.5, 0.6) is 0 Å². The Morgan fingerprint density at radius 1 is 1.20 bits per heavy atom. The number of hydrogen-bond acceptors (Lipinski definition) is 2. The smallest absolute Gasteiger partial charge is 0.0652 e. The van der Waals surface area contributed by atoms with E-state index in [0.29, 0.717) is 5.92 Å². The van der Waals surface area contributed by atoms with Gasteiger partial charge in [0, 0.05) is 12.0 Å². The van der Waals surface area contributed by atoms with Gasteiger partial charge >= 0.3 is 0 Å².